The van der Waals surface area contributed by atoms with Gasteiger partial charge in [-0.05, 0) is 66.2 Å². The van der Waals surface area contributed by atoms with Crippen molar-refractivity contribution in [2.45, 2.75) is 4.90 Å². The number of nitrogens with zero attached hydrogens (tertiary/aromatic N) is 4. The third kappa shape index (κ3) is 7.92. The van der Waals surface area contributed by atoms with Crippen LogP contribution in [-0.2, 0) is 35.5 Å². The maximum absolute atomic E-state index is 12.4. The highest BCUT2D eigenvalue weighted by molar-refractivity contribution is 7.91. The summed E-state index contributed by atoms with van der Waals surface area (Å²) in [5.74, 6) is -0.868. The van der Waals surface area contributed by atoms with Gasteiger partial charge in [0, 0.05) is 10.8 Å². The van der Waals surface area contributed by atoms with Crippen LogP contribution >= 0.6 is 0 Å². The number of nitrogens with two attached hydrogens (primary N) is 1. The van der Waals surface area contributed by atoms with E-state index in [1.54, 1.807) is 36.4 Å². The van der Waals surface area contributed by atoms with Crippen LogP contribution in [0, 0.1) is 0 Å². The van der Waals surface area contributed by atoms with Gasteiger partial charge in [0.2, 0.25) is 0 Å². The van der Waals surface area contributed by atoms with E-state index in [0.717, 1.165) is 0 Å². The van der Waals surface area contributed by atoms with E-state index in [2.05, 4.69) is 31.2 Å². The molecule has 1 unspecified atom stereocenters. The summed E-state index contributed by atoms with van der Waals surface area (Å²) in [5.41, 5.74) is 7.95. The Labute approximate surface area is 248 Å². The minimum atomic E-state index is -4.76. The Hall–Kier alpha value is -4.39. The molecule has 0 aromatic heterocycles. The van der Waals surface area contributed by atoms with Gasteiger partial charge in [-0.3, -0.25) is 4.55 Å². The van der Waals surface area contributed by atoms with Crippen LogP contribution < -0.4 is 5.73 Å². The van der Waals surface area contributed by atoms with Crippen molar-refractivity contribution in [1.29, 1.82) is 0 Å². The number of benzene rings is 4. The van der Waals surface area contributed by atoms with Crippen molar-refractivity contribution in [3.05, 3.63) is 84.9 Å². The molecular formula is C26H23N5O9S3. The molecule has 0 aliphatic rings. The fourth-order valence-corrected chi connectivity index (χ4v) is 5.52. The highest BCUT2D eigenvalue weighted by Gasteiger charge is 2.17. The van der Waals surface area contributed by atoms with Crippen molar-refractivity contribution in [2.24, 2.45) is 20.5 Å². The first-order valence-electron chi connectivity index (χ1n) is 12.0. The normalized spacial score (nSPS) is 13.2. The fraction of sp³-hybridized carbons (Fsp3) is 0.0769. The topological polar surface area (TPSA) is 231 Å². The first kappa shape index (κ1) is 31.5. The number of rotatable bonds is 11. The van der Waals surface area contributed by atoms with Crippen LogP contribution in [0.25, 0.3) is 15.7 Å². The highest BCUT2D eigenvalue weighted by Crippen LogP contribution is 2.42. The summed E-state index contributed by atoms with van der Waals surface area (Å²) < 4.78 is 78.9. The standard InChI is InChI=1S/C26H23N5O9S3/c1-16(41(33)34)17-2-4-18(5-3-17)28-30-24-13-11-21-22(26(24)32)10-12-23(27)25(21)31-29-19-6-8-20(9-7-19)42(35,36)15-14-40-43(37,38)39/h2-13,32H,1,14-15,27H2,(H,33,34)(H,37,38,39). The molecule has 0 aliphatic carbocycles. The molecule has 0 bridgehead atoms. The number of azo groups is 2. The Morgan fingerprint density at radius 1 is 0.837 bits per heavy atom. The van der Waals surface area contributed by atoms with E-state index in [4.69, 9.17) is 14.8 Å². The number of nitrogen functional groups attached to an aromatic ring is 1. The molecule has 43 heavy (non-hydrogen) atoms. The molecule has 4 rings (SSSR count). The number of phenols is 1. The van der Waals surface area contributed by atoms with Gasteiger partial charge in [-0.15, -0.1) is 10.2 Å². The molecular weight excluding hydrogens is 623 g/mol. The molecule has 17 heteroatoms. The van der Waals surface area contributed by atoms with E-state index in [9.17, 15) is 26.2 Å². The SMILES string of the molecule is C=C(c1ccc(N=Nc2ccc3c(N=Nc4ccc(S(=O)(=O)CCOS(=O)(=O)O)cc4)c(N)ccc3c2O)cc1)S(=O)O. The van der Waals surface area contributed by atoms with Gasteiger partial charge < -0.3 is 15.4 Å². The molecule has 4 aromatic rings. The van der Waals surface area contributed by atoms with Gasteiger partial charge in [0.25, 0.3) is 0 Å². The van der Waals surface area contributed by atoms with Gasteiger partial charge in [0.1, 0.15) is 11.4 Å². The van der Waals surface area contributed by atoms with Crippen molar-refractivity contribution in [3.63, 3.8) is 0 Å². The fourth-order valence-electron chi connectivity index (χ4n) is 3.69. The van der Waals surface area contributed by atoms with E-state index in [-0.39, 0.29) is 38.3 Å². The largest absolute Gasteiger partial charge is 0.505 e. The van der Waals surface area contributed by atoms with E-state index in [1.807, 2.05) is 0 Å². The molecule has 0 saturated carbocycles. The van der Waals surface area contributed by atoms with E-state index < -0.39 is 43.7 Å². The summed E-state index contributed by atoms with van der Waals surface area (Å²) in [4.78, 5) is -0.0699. The Balaban J connectivity index is 1.54. The molecule has 0 heterocycles. The van der Waals surface area contributed by atoms with Gasteiger partial charge in [0.05, 0.1) is 39.2 Å². The molecule has 4 aromatic carbocycles. The van der Waals surface area contributed by atoms with Crippen LogP contribution in [-0.4, -0.2) is 47.6 Å². The number of aromatic hydroxyl groups is 1. The van der Waals surface area contributed by atoms with Crippen molar-refractivity contribution < 1.29 is 39.4 Å². The lowest BCUT2D eigenvalue weighted by Crippen LogP contribution is -2.15. The van der Waals surface area contributed by atoms with Gasteiger partial charge >= 0.3 is 10.4 Å². The van der Waals surface area contributed by atoms with Gasteiger partial charge in [-0.1, -0.05) is 18.7 Å². The molecule has 0 radical (unpaired) electrons. The molecule has 0 amide bonds. The van der Waals surface area contributed by atoms with Crippen molar-refractivity contribution in [3.8, 4) is 5.75 Å². The monoisotopic (exact) mass is 645 g/mol. The summed E-state index contributed by atoms with van der Waals surface area (Å²) in [5, 5.41) is 28.2. The summed E-state index contributed by atoms with van der Waals surface area (Å²) in [6, 6.07) is 17.8. The average Bonchev–Trinajstić information content (AvgIpc) is 2.95. The Bertz CT molecular complexity index is 2000. The van der Waals surface area contributed by atoms with E-state index in [1.165, 1.54) is 36.4 Å². The lowest BCUT2D eigenvalue weighted by atomic mass is 10.1. The number of fused-ring (bicyclic) bond motifs is 1. The zero-order valence-corrected chi connectivity index (χ0v) is 24.4. The maximum Gasteiger partial charge on any atom is 0.397 e. The predicted octanol–water partition coefficient (Wildman–Crippen LogP) is 5.74. The van der Waals surface area contributed by atoms with Crippen LogP contribution in [0.2, 0.25) is 0 Å². The quantitative estimate of drug-likeness (QED) is 0.0668. The number of hydrogen-bond acceptors (Lipinski definition) is 12. The lowest BCUT2D eigenvalue weighted by Gasteiger charge is -2.08. The van der Waals surface area contributed by atoms with Crippen LogP contribution in [0.15, 0.2) is 105 Å². The second-order valence-electron chi connectivity index (χ2n) is 8.71. The number of anilines is 1. The number of sulfone groups is 1. The summed E-state index contributed by atoms with van der Waals surface area (Å²) >= 11 is -2.19. The first-order chi connectivity index (χ1) is 20.2. The van der Waals surface area contributed by atoms with E-state index >= 15 is 0 Å². The maximum atomic E-state index is 12.4. The highest BCUT2D eigenvalue weighted by atomic mass is 32.3. The second kappa shape index (κ2) is 12.9. The van der Waals surface area contributed by atoms with Gasteiger partial charge in [-0.2, -0.15) is 18.6 Å². The molecule has 0 aliphatic heterocycles. The lowest BCUT2D eigenvalue weighted by molar-refractivity contribution is 0.284. The molecule has 224 valence electrons. The minimum absolute atomic E-state index is 0.0508. The molecule has 0 fully saturated rings. The Morgan fingerprint density at radius 3 is 2.02 bits per heavy atom. The van der Waals surface area contributed by atoms with Crippen LogP contribution in [0.3, 0.4) is 0 Å². The van der Waals surface area contributed by atoms with Gasteiger partial charge in [-0.25, -0.2) is 16.8 Å². The minimum Gasteiger partial charge on any atom is -0.505 e. The summed E-state index contributed by atoms with van der Waals surface area (Å²) in [6.45, 7) is 2.80. The third-order valence-electron chi connectivity index (χ3n) is 5.87. The predicted molar refractivity (Wildman–Crippen MR) is 161 cm³/mol. The summed E-state index contributed by atoms with van der Waals surface area (Å²) in [7, 11) is -8.66. The van der Waals surface area contributed by atoms with Crippen molar-refractivity contribution >= 4 is 75.4 Å². The molecule has 1 atom stereocenters. The van der Waals surface area contributed by atoms with Crippen LogP contribution in [0.4, 0.5) is 28.4 Å². The Morgan fingerprint density at radius 2 is 1.42 bits per heavy atom. The molecule has 0 spiro atoms. The first-order valence-corrected chi connectivity index (χ1v) is 16.1. The second-order valence-corrected chi connectivity index (χ2v) is 12.9. The number of hydrogen-bond donors (Lipinski definition) is 4. The van der Waals surface area contributed by atoms with Gasteiger partial charge in [0.15, 0.2) is 26.7 Å². The molecule has 0 saturated heterocycles. The average molecular weight is 646 g/mol. The van der Waals surface area contributed by atoms with E-state index in [0.29, 0.717) is 22.0 Å². The smallest absolute Gasteiger partial charge is 0.397 e. The Kier molecular flexibility index (Phi) is 9.43. The van der Waals surface area contributed by atoms with Crippen LogP contribution in [0.5, 0.6) is 5.75 Å². The third-order valence-corrected chi connectivity index (χ3v) is 8.69. The van der Waals surface area contributed by atoms with Crippen molar-refractivity contribution in [1.82, 2.24) is 0 Å². The zero-order chi connectivity index (χ0) is 31.4. The zero-order valence-electron chi connectivity index (χ0n) is 21.9. The summed E-state index contributed by atoms with van der Waals surface area (Å²) in [6.07, 6.45) is 0. The molecule has 14 nitrogen and oxygen atoms in total. The molecule has 5 N–H and O–H groups in total. The number of phenolic OH excluding ortho intramolecular Hbond substituents is 1. The van der Waals surface area contributed by atoms with Crippen LogP contribution in [0.1, 0.15) is 5.56 Å². The van der Waals surface area contributed by atoms with Crippen molar-refractivity contribution in [2.75, 3.05) is 18.1 Å².